The maximum Gasteiger partial charge on any atom is 0.673 e. The zero-order chi connectivity index (χ0) is 5.21. The van der Waals surface area contributed by atoms with Crippen LogP contribution in [0.1, 0.15) is 0 Å². The van der Waals surface area contributed by atoms with Crippen molar-refractivity contribution in [1.82, 2.24) is 0 Å². The Morgan fingerprint density at radius 2 is 1.43 bits per heavy atom. The fourth-order valence-corrected chi connectivity index (χ4v) is 0. The van der Waals surface area contributed by atoms with Crippen LogP contribution < -0.4 is 0 Å². The van der Waals surface area contributed by atoms with E-state index in [1.165, 1.54) is 0 Å². The summed E-state index contributed by atoms with van der Waals surface area (Å²) < 4.78 is 37.3. The number of hydrogen-bond donors (Lipinski definition) is 1. The van der Waals surface area contributed by atoms with E-state index in [1.54, 1.807) is 0 Å². The predicted octanol–water partition coefficient (Wildman–Crippen LogP) is 0.970. The van der Waals surface area contributed by atoms with Crippen LogP contribution in [0.3, 0.4) is 0 Å². The molecule has 0 aromatic heterocycles. The van der Waals surface area contributed by atoms with Gasteiger partial charge in [0.25, 0.3) is 0 Å². The van der Waals surface area contributed by atoms with Crippen molar-refractivity contribution in [2.24, 2.45) is 0 Å². The van der Waals surface area contributed by atoms with Crippen LogP contribution >= 0.6 is 0 Å². The van der Waals surface area contributed by atoms with Gasteiger partial charge in [0.15, 0.2) is 0 Å². The van der Waals surface area contributed by atoms with Crippen LogP contribution in [0.2, 0.25) is 0 Å². The standard InChI is InChI=1S/CHF3NS.Li/c2-1(3,4)6-5;/h5H;/q+1;. The molecule has 0 bridgehead atoms. The zero-order valence-electron chi connectivity index (χ0n) is 3.54. The van der Waals surface area contributed by atoms with Crippen molar-refractivity contribution >= 4 is 30.4 Å². The minimum absolute atomic E-state index is 0. The van der Waals surface area contributed by atoms with Gasteiger partial charge in [0.1, 0.15) is 0 Å². The van der Waals surface area contributed by atoms with Crippen LogP contribution in [0.4, 0.5) is 13.2 Å². The first kappa shape index (κ1) is 10.4. The summed E-state index contributed by atoms with van der Waals surface area (Å²) in [6, 6.07) is 0. The van der Waals surface area contributed by atoms with Crippen LogP contribution in [-0.4, -0.2) is 24.4 Å². The van der Waals surface area contributed by atoms with Gasteiger partial charge in [0.2, 0.25) is 0 Å². The summed E-state index contributed by atoms with van der Waals surface area (Å²) in [7, 11) is 0. The summed E-state index contributed by atoms with van der Waals surface area (Å²) in [5.74, 6) is 0. The van der Waals surface area contributed by atoms with E-state index in [2.05, 4.69) is 0 Å². The molecule has 1 N–H and O–H groups in total. The fourth-order valence-electron chi connectivity index (χ4n) is 0. The molecule has 1 nitrogen and oxygen atoms in total. The third kappa shape index (κ3) is 10.7. The Kier molecular flexibility index (Phi) is 5.07. The summed E-state index contributed by atoms with van der Waals surface area (Å²) in [5.41, 5.74) is -4.38. The third-order valence-corrected chi connectivity index (χ3v) is 0.347. The molecule has 6 heteroatoms. The van der Waals surface area contributed by atoms with E-state index in [1.807, 2.05) is 0 Å². The monoisotopic (exact) mass is 123 g/mol. The number of nitrogens with one attached hydrogen (secondary N) is 1. The molecule has 37 valence electrons. The van der Waals surface area contributed by atoms with Crippen molar-refractivity contribution in [2.45, 2.75) is 5.51 Å². The van der Waals surface area contributed by atoms with Crippen molar-refractivity contribution in [1.29, 1.82) is 4.78 Å². The Morgan fingerprint density at radius 1 is 1.29 bits per heavy atom. The fraction of sp³-hybridized carbons (Fsp3) is 1.00. The molecular weight excluding hydrogens is 122 g/mol. The quantitative estimate of drug-likeness (QED) is 0.366. The Bertz CT molecular complexity index is 60.4. The van der Waals surface area contributed by atoms with E-state index < -0.39 is 17.1 Å². The van der Waals surface area contributed by atoms with Crippen LogP contribution in [-0.2, 0) is 11.6 Å². The smallest absolute Gasteiger partial charge is 0.112 e. The largest absolute Gasteiger partial charge is 0.673 e. The second kappa shape index (κ2) is 3.41. The van der Waals surface area contributed by atoms with Gasteiger partial charge in [0.05, 0.1) is 0 Å². The first-order valence-corrected chi connectivity index (χ1v) is 1.79. The second-order valence-electron chi connectivity index (χ2n) is 0.548. The molecule has 0 aromatic carbocycles. The molecule has 0 amide bonds. The normalized spacial score (nSPS) is 9.57. The average molecular weight is 123 g/mol. The predicted molar refractivity (Wildman–Crippen MR) is 21.9 cm³/mol. The zero-order valence-corrected chi connectivity index (χ0v) is 4.36. The summed E-state index contributed by atoms with van der Waals surface area (Å²) in [6.45, 7) is 0. The second-order valence-corrected chi connectivity index (χ2v) is 1.21. The van der Waals surface area contributed by atoms with E-state index in [0.29, 0.717) is 0 Å². The van der Waals surface area contributed by atoms with Gasteiger partial charge in [-0.15, -0.1) is 13.2 Å². The minimum Gasteiger partial charge on any atom is -0.112 e. The molecule has 0 heterocycles. The van der Waals surface area contributed by atoms with Crippen molar-refractivity contribution in [3.63, 3.8) is 0 Å². The van der Waals surface area contributed by atoms with Gasteiger partial charge < -0.3 is 0 Å². The third-order valence-electron chi connectivity index (χ3n) is 0.116. The molecule has 7 heavy (non-hydrogen) atoms. The van der Waals surface area contributed by atoms with Gasteiger partial charge in [-0.3, -0.25) is 0 Å². The van der Waals surface area contributed by atoms with Gasteiger partial charge in [-0.05, 0) is 4.78 Å². The Labute approximate surface area is 54.4 Å². The van der Waals surface area contributed by atoms with E-state index in [4.69, 9.17) is 4.78 Å². The first-order valence-electron chi connectivity index (χ1n) is 0.975. The number of alkyl halides is 3. The molecular formula is CHF3LiNS+. The van der Waals surface area contributed by atoms with Gasteiger partial charge in [-0.1, -0.05) is 0 Å². The summed E-state index contributed by atoms with van der Waals surface area (Å²) in [4.78, 5) is 0. The summed E-state index contributed by atoms with van der Waals surface area (Å²) in [6.07, 6.45) is 0. The van der Waals surface area contributed by atoms with Gasteiger partial charge in [0, 0.05) is 18.9 Å². The van der Waals surface area contributed by atoms with E-state index in [9.17, 15) is 13.2 Å². The molecule has 0 aromatic rings. The van der Waals surface area contributed by atoms with Crippen molar-refractivity contribution < 1.29 is 13.2 Å². The summed E-state index contributed by atoms with van der Waals surface area (Å²) in [5, 5.41) is 0. The van der Waals surface area contributed by atoms with Gasteiger partial charge in [-0.25, -0.2) is 0 Å². The molecule has 0 unspecified atom stereocenters. The summed E-state index contributed by atoms with van der Waals surface area (Å²) >= 11 is -0.868. The van der Waals surface area contributed by atoms with E-state index in [0.717, 1.165) is 0 Å². The van der Waals surface area contributed by atoms with Crippen molar-refractivity contribution in [3.05, 3.63) is 0 Å². The average Bonchev–Trinajstić information content (AvgIpc) is 1.35. The molecule has 0 aliphatic heterocycles. The van der Waals surface area contributed by atoms with Crippen LogP contribution in [0.15, 0.2) is 0 Å². The first-order chi connectivity index (χ1) is 2.56. The molecule has 0 rings (SSSR count). The topological polar surface area (TPSA) is 23.9 Å². The maximum atomic E-state index is 10.6. The van der Waals surface area contributed by atoms with Gasteiger partial charge >= 0.3 is 17.1 Å². The minimum atomic E-state index is -4.38. The van der Waals surface area contributed by atoms with E-state index in [-0.39, 0.29) is 18.9 Å². The molecule has 0 fully saturated rings. The molecule has 0 aliphatic rings. The van der Waals surface area contributed by atoms with E-state index >= 15 is 0 Å². The van der Waals surface area contributed by atoms with Gasteiger partial charge in [-0.2, -0.15) is 0 Å². The molecule has 1 radical (unpaired) electrons. The number of hydrogen-bond acceptors (Lipinski definition) is 1. The van der Waals surface area contributed by atoms with Crippen molar-refractivity contribution in [2.75, 3.05) is 0 Å². The Hall–Kier alpha value is 0.407. The molecule has 0 saturated carbocycles. The molecule has 0 aliphatic carbocycles. The SMILES string of the molecule is N=[S+]C(F)(F)F.[Li]. The molecule has 0 atom stereocenters. The number of halogens is 3. The molecule has 0 spiro atoms. The van der Waals surface area contributed by atoms with Crippen LogP contribution in [0, 0.1) is 4.78 Å². The molecule has 0 saturated heterocycles. The number of rotatable bonds is 0. The van der Waals surface area contributed by atoms with Crippen molar-refractivity contribution in [3.8, 4) is 0 Å². The maximum absolute atomic E-state index is 10.6. The van der Waals surface area contributed by atoms with Crippen LogP contribution in [0.25, 0.3) is 0 Å². The Balaban J connectivity index is 0. The van der Waals surface area contributed by atoms with Crippen LogP contribution in [0.5, 0.6) is 0 Å². The Morgan fingerprint density at radius 3 is 1.43 bits per heavy atom.